The van der Waals surface area contributed by atoms with Crippen molar-refractivity contribution in [3.8, 4) is 5.75 Å². The molecule has 0 aromatic heterocycles. The summed E-state index contributed by atoms with van der Waals surface area (Å²) in [6, 6.07) is 15.5. The Morgan fingerprint density at radius 2 is 1.95 bits per heavy atom. The Balaban J connectivity index is 1.57. The van der Waals surface area contributed by atoms with E-state index >= 15 is 0 Å². The zero-order valence-electron chi connectivity index (χ0n) is 11.3. The quantitative estimate of drug-likeness (QED) is 0.894. The van der Waals surface area contributed by atoms with Gasteiger partial charge in [-0.2, -0.15) is 0 Å². The van der Waals surface area contributed by atoms with Crippen molar-refractivity contribution in [2.45, 2.75) is 6.04 Å². The van der Waals surface area contributed by atoms with E-state index in [-0.39, 0.29) is 18.5 Å². The van der Waals surface area contributed by atoms with E-state index in [1.807, 2.05) is 48.5 Å². The molecule has 4 nitrogen and oxygen atoms in total. The normalized spacial score (nSPS) is 16.1. The highest BCUT2D eigenvalue weighted by Gasteiger charge is 2.23. The van der Waals surface area contributed by atoms with Crippen molar-refractivity contribution in [2.24, 2.45) is 0 Å². The first kappa shape index (κ1) is 14.1. The van der Waals surface area contributed by atoms with Crippen LogP contribution in [0.1, 0.15) is 11.6 Å². The van der Waals surface area contributed by atoms with Crippen LogP contribution in [0.25, 0.3) is 0 Å². The third kappa shape index (κ3) is 3.25. The molecule has 0 saturated carbocycles. The average Bonchev–Trinajstić information content (AvgIpc) is 2.91. The van der Waals surface area contributed by atoms with E-state index in [0.717, 1.165) is 21.5 Å². The minimum absolute atomic E-state index is 0.0613. The van der Waals surface area contributed by atoms with Crippen molar-refractivity contribution in [1.82, 2.24) is 5.32 Å². The topological polar surface area (TPSA) is 50.4 Å². The molecule has 1 amide bonds. The Bertz CT molecular complexity index is 660. The highest BCUT2D eigenvalue weighted by molar-refractivity contribution is 9.10. The molecule has 2 aromatic rings. The Labute approximate surface area is 131 Å². The number of halogens is 1. The summed E-state index contributed by atoms with van der Waals surface area (Å²) in [4.78, 5) is 12.0. The van der Waals surface area contributed by atoms with Gasteiger partial charge in [0.15, 0.2) is 0 Å². The van der Waals surface area contributed by atoms with E-state index in [1.165, 1.54) is 0 Å². The largest absolute Gasteiger partial charge is 0.491 e. The highest BCUT2D eigenvalue weighted by Crippen LogP contribution is 2.31. The fraction of sp³-hybridized carbons (Fsp3) is 0.188. The van der Waals surface area contributed by atoms with Gasteiger partial charge in [0.2, 0.25) is 5.91 Å². The van der Waals surface area contributed by atoms with Crippen LogP contribution in [0.15, 0.2) is 53.0 Å². The Morgan fingerprint density at radius 1 is 1.19 bits per heavy atom. The monoisotopic (exact) mass is 346 g/mol. The van der Waals surface area contributed by atoms with Crippen molar-refractivity contribution in [2.75, 3.05) is 18.5 Å². The lowest BCUT2D eigenvalue weighted by Crippen LogP contribution is -2.32. The summed E-state index contributed by atoms with van der Waals surface area (Å²) >= 11 is 3.41. The van der Waals surface area contributed by atoms with Gasteiger partial charge < -0.3 is 10.1 Å². The van der Waals surface area contributed by atoms with Crippen LogP contribution in [0.2, 0.25) is 0 Å². The van der Waals surface area contributed by atoms with Crippen molar-refractivity contribution < 1.29 is 9.53 Å². The fourth-order valence-electron chi connectivity index (χ4n) is 2.30. The van der Waals surface area contributed by atoms with Crippen molar-refractivity contribution >= 4 is 27.5 Å². The maximum atomic E-state index is 12.0. The Hall–Kier alpha value is -1.85. The van der Waals surface area contributed by atoms with Gasteiger partial charge in [0, 0.05) is 10.0 Å². The van der Waals surface area contributed by atoms with Crippen LogP contribution in [-0.4, -0.2) is 19.1 Å². The van der Waals surface area contributed by atoms with Crippen LogP contribution in [0, 0.1) is 0 Å². The van der Waals surface area contributed by atoms with E-state index in [1.54, 1.807) is 0 Å². The third-order valence-electron chi connectivity index (χ3n) is 3.36. The maximum Gasteiger partial charge on any atom is 0.238 e. The summed E-state index contributed by atoms with van der Waals surface area (Å²) in [5.74, 6) is 0.812. The van der Waals surface area contributed by atoms with Gasteiger partial charge in [-0.05, 0) is 34.1 Å². The average molecular weight is 347 g/mol. The second-order valence-corrected chi connectivity index (χ2v) is 5.66. The summed E-state index contributed by atoms with van der Waals surface area (Å²) in [6.07, 6.45) is 0. The van der Waals surface area contributed by atoms with Crippen LogP contribution >= 0.6 is 15.9 Å². The third-order valence-corrected chi connectivity index (χ3v) is 4.05. The lowest BCUT2D eigenvalue weighted by molar-refractivity contribution is -0.115. The number of hydrogen-bond acceptors (Lipinski definition) is 3. The zero-order valence-corrected chi connectivity index (χ0v) is 12.9. The standard InChI is InChI=1S/C16H15BrN2O2/c17-12-6-2-3-7-13(12)19-16(20)9-18-14-10-21-15-8-4-1-5-11(14)15/h1-8,14,18H,9-10H2,(H,19,20). The first-order valence-electron chi connectivity index (χ1n) is 6.73. The summed E-state index contributed by atoms with van der Waals surface area (Å²) < 4.78 is 6.45. The number of ether oxygens (including phenoxy) is 1. The molecule has 5 heteroatoms. The van der Waals surface area contributed by atoms with Crippen LogP contribution in [0.3, 0.4) is 0 Å². The molecule has 108 valence electrons. The fourth-order valence-corrected chi connectivity index (χ4v) is 2.69. The minimum Gasteiger partial charge on any atom is -0.491 e. The van der Waals surface area contributed by atoms with E-state index in [4.69, 9.17) is 4.74 Å². The van der Waals surface area contributed by atoms with Crippen molar-refractivity contribution in [3.63, 3.8) is 0 Å². The molecule has 1 heterocycles. The molecular weight excluding hydrogens is 332 g/mol. The van der Waals surface area contributed by atoms with Gasteiger partial charge in [0.05, 0.1) is 18.3 Å². The van der Waals surface area contributed by atoms with E-state index < -0.39 is 0 Å². The van der Waals surface area contributed by atoms with Gasteiger partial charge in [0.25, 0.3) is 0 Å². The molecule has 2 N–H and O–H groups in total. The first-order chi connectivity index (χ1) is 10.2. The lowest BCUT2D eigenvalue weighted by Gasteiger charge is -2.12. The predicted octanol–water partition coefficient (Wildman–Crippen LogP) is 3.11. The van der Waals surface area contributed by atoms with Gasteiger partial charge in [-0.3, -0.25) is 10.1 Å². The summed E-state index contributed by atoms with van der Waals surface area (Å²) in [5, 5.41) is 6.09. The van der Waals surface area contributed by atoms with E-state index in [9.17, 15) is 4.79 Å². The van der Waals surface area contributed by atoms with E-state index in [0.29, 0.717) is 6.61 Å². The number of hydrogen-bond donors (Lipinski definition) is 2. The van der Waals surface area contributed by atoms with Crippen LogP contribution in [0.5, 0.6) is 5.75 Å². The molecule has 2 aromatic carbocycles. The second-order valence-electron chi connectivity index (χ2n) is 4.81. The molecule has 0 bridgehead atoms. The molecule has 0 aliphatic carbocycles. The highest BCUT2D eigenvalue weighted by atomic mass is 79.9. The Kier molecular flexibility index (Phi) is 4.22. The summed E-state index contributed by atoms with van der Waals surface area (Å²) in [5.41, 5.74) is 1.87. The van der Waals surface area contributed by atoms with Crippen LogP contribution < -0.4 is 15.4 Å². The summed E-state index contributed by atoms with van der Waals surface area (Å²) in [7, 11) is 0. The molecule has 1 atom stereocenters. The minimum atomic E-state index is -0.0775. The molecule has 1 unspecified atom stereocenters. The number of rotatable bonds is 4. The molecule has 0 spiro atoms. The number of carbonyl (C=O) groups excluding carboxylic acids is 1. The number of anilines is 1. The van der Waals surface area contributed by atoms with Crippen molar-refractivity contribution in [1.29, 1.82) is 0 Å². The second kappa shape index (κ2) is 6.28. The van der Waals surface area contributed by atoms with Gasteiger partial charge in [-0.15, -0.1) is 0 Å². The number of benzene rings is 2. The van der Waals surface area contributed by atoms with Gasteiger partial charge in [-0.25, -0.2) is 0 Å². The number of nitrogens with one attached hydrogen (secondary N) is 2. The summed E-state index contributed by atoms with van der Waals surface area (Å²) in [6.45, 7) is 0.797. The van der Waals surface area contributed by atoms with Crippen LogP contribution in [0.4, 0.5) is 5.69 Å². The smallest absolute Gasteiger partial charge is 0.238 e. The number of fused-ring (bicyclic) bond motifs is 1. The Morgan fingerprint density at radius 3 is 2.81 bits per heavy atom. The lowest BCUT2D eigenvalue weighted by atomic mass is 10.1. The van der Waals surface area contributed by atoms with Gasteiger partial charge in [0.1, 0.15) is 12.4 Å². The molecule has 0 fully saturated rings. The number of amides is 1. The van der Waals surface area contributed by atoms with Crippen molar-refractivity contribution in [3.05, 3.63) is 58.6 Å². The van der Waals surface area contributed by atoms with Gasteiger partial charge >= 0.3 is 0 Å². The zero-order chi connectivity index (χ0) is 14.7. The molecule has 0 radical (unpaired) electrons. The maximum absolute atomic E-state index is 12.0. The van der Waals surface area contributed by atoms with E-state index in [2.05, 4.69) is 26.6 Å². The molecule has 21 heavy (non-hydrogen) atoms. The molecule has 3 rings (SSSR count). The van der Waals surface area contributed by atoms with Gasteiger partial charge in [-0.1, -0.05) is 30.3 Å². The molecular formula is C16H15BrN2O2. The molecule has 1 aliphatic heterocycles. The number of para-hydroxylation sites is 2. The first-order valence-corrected chi connectivity index (χ1v) is 7.53. The number of carbonyl (C=O) groups is 1. The van der Waals surface area contributed by atoms with Crippen LogP contribution in [-0.2, 0) is 4.79 Å². The predicted molar refractivity (Wildman–Crippen MR) is 85.5 cm³/mol. The molecule has 1 aliphatic rings. The SMILES string of the molecule is O=C(CNC1COc2ccccc21)Nc1ccccc1Br. The molecule has 0 saturated heterocycles.